The molecular weight excluding hydrogens is 368 g/mol. The van der Waals surface area contributed by atoms with E-state index >= 15 is 0 Å². The molecule has 1 unspecified atom stereocenters. The first-order valence-corrected chi connectivity index (χ1v) is 9.67. The van der Waals surface area contributed by atoms with E-state index in [-0.39, 0.29) is 24.0 Å². The summed E-state index contributed by atoms with van der Waals surface area (Å²) >= 11 is 0. The highest BCUT2D eigenvalue weighted by molar-refractivity contribution is 5.88. The van der Waals surface area contributed by atoms with Crippen LogP contribution < -0.4 is 10.3 Å². The Morgan fingerprint density at radius 2 is 1.83 bits per heavy atom. The first-order chi connectivity index (χ1) is 14.0. The zero-order valence-corrected chi connectivity index (χ0v) is 16.5. The molecule has 0 saturated heterocycles. The second-order valence-corrected chi connectivity index (χ2v) is 6.81. The molecule has 2 N–H and O–H groups in total. The van der Waals surface area contributed by atoms with Crippen LogP contribution in [0.2, 0.25) is 0 Å². The standard InChI is InChI=1S/C23H24N2O4/c1-3-4-14-29-20-19(23(27)28)24-21(25-22(20)26)15(2)17-12-8-9-13-18(17)16-10-6-5-7-11-16/h5-13,15H,3-4,14H2,1-2H3,(H,27,28)(H,24,25,26). The number of unbranched alkanes of at least 4 members (excludes halogenated alkanes) is 1. The molecule has 3 aromatic rings. The lowest BCUT2D eigenvalue weighted by Crippen LogP contribution is -2.22. The van der Waals surface area contributed by atoms with Crippen molar-refractivity contribution in [1.29, 1.82) is 0 Å². The van der Waals surface area contributed by atoms with Crippen molar-refractivity contribution in [3.8, 4) is 16.9 Å². The summed E-state index contributed by atoms with van der Waals surface area (Å²) in [6.45, 7) is 4.15. The molecule has 0 fully saturated rings. The van der Waals surface area contributed by atoms with E-state index in [1.165, 1.54) is 0 Å². The fraction of sp³-hybridized carbons (Fsp3) is 0.261. The third-order valence-corrected chi connectivity index (χ3v) is 4.76. The van der Waals surface area contributed by atoms with E-state index in [1.807, 2.05) is 68.4 Å². The average Bonchev–Trinajstić information content (AvgIpc) is 2.74. The van der Waals surface area contributed by atoms with Crippen molar-refractivity contribution < 1.29 is 14.6 Å². The van der Waals surface area contributed by atoms with Gasteiger partial charge in [-0.25, -0.2) is 9.78 Å². The summed E-state index contributed by atoms with van der Waals surface area (Å²) in [5.74, 6) is -1.55. The first kappa shape index (κ1) is 20.3. The van der Waals surface area contributed by atoms with Crippen molar-refractivity contribution >= 4 is 5.97 Å². The number of hydrogen-bond donors (Lipinski definition) is 2. The van der Waals surface area contributed by atoms with E-state index < -0.39 is 11.5 Å². The van der Waals surface area contributed by atoms with Crippen molar-refractivity contribution in [2.75, 3.05) is 6.61 Å². The third kappa shape index (κ3) is 4.54. The maximum atomic E-state index is 12.6. The summed E-state index contributed by atoms with van der Waals surface area (Å²) in [4.78, 5) is 31.2. The van der Waals surface area contributed by atoms with Crippen LogP contribution in [0.5, 0.6) is 5.75 Å². The van der Waals surface area contributed by atoms with Crippen LogP contribution in [0.4, 0.5) is 0 Å². The maximum absolute atomic E-state index is 12.6. The molecule has 0 aliphatic rings. The molecule has 6 heteroatoms. The van der Waals surface area contributed by atoms with Crippen molar-refractivity contribution in [1.82, 2.24) is 9.97 Å². The number of nitrogens with one attached hydrogen (secondary N) is 1. The molecule has 0 amide bonds. The predicted octanol–water partition coefficient (Wildman–Crippen LogP) is 4.47. The van der Waals surface area contributed by atoms with Gasteiger partial charge in [0.2, 0.25) is 5.75 Å². The van der Waals surface area contributed by atoms with E-state index in [0.29, 0.717) is 5.82 Å². The number of hydrogen-bond acceptors (Lipinski definition) is 4. The Bertz CT molecular complexity index is 1040. The lowest BCUT2D eigenvalue weighted by atomic mass is 9.91. The summed E-state index contributed by atoms with van der Waals surface area (Å²) in [6, 6.07) is 17.7. The number of carboxylic acids is 1. The summed E-state index contributed by atoms with van der Waals surface area (Å²) in [5, 5.41) is 9.56. The molecule has 0 aliphatic heterocycles. The quantitative estimate of drug-likeness (QED) is 0.552. The highest BCUT2D eigenvalue weighted by Crippen LogP contribution is 2.32. The van der Waals surface area contributed by atoms with E-state index in [2.05, 4.69) is 9.97 Å². The Morgan fingerprint density at radius 1 is 1.14 bits per heavy atom. The topological polar surface area (TPSA) is 92.3 Å². The summed E-state index contributed by atoms with van der Waals surface area (Å²) in [5.41, 5.74) is 2.05. The number of H-pyrrole nitrogens is 1. The Labute approximate surface area is 169 Å². The fourth-order valence-electron chi connectivity index (χ4n) is 3.18. The van der Waals surface area contributed by atoms with Crippen LogP contribution >= 0.6 is 0 Å². The molecule has 0 radical (unpaired) electrons. The van der Waals surface area contributed by atoms with Crippen LogP contribution in [0.15, 0.2) is 59.4 Å². The van der Waals surface area contributed by atoms with Gasteiger partial charge in [0.1, 0.15) is 5.82 Å². The Kier molecular flexibility index (Phi) is 6.44. The minimum atomic E-state index is -1.28. The van der Waals surface area contributed by atoms with Crippen molar-refractivity contribution in [2.45, 2.75) is 32.6 Å². The Morgan fingerprint density at radius 3 is 2.52 bits per heavy atom. The number of rotatable bonds is 8. The number of aromatic carboxylic acids is 1. The molecule has 0 bridgehead atoms. The number of nitrogens with zero attached hydrogens (tertiary/aromatic N) is 1. The number of carbonyl (C=O) groups is 1. The summed E-state index contributed by atoms with van der Waals surface area (Å²) in [6.07, 6.45) is 1.60. The minimum Gasteiger partial charge on any atom is -0.486 e. The van der Waals surface area contributed by atoms with E-state index in [4.69, 9.17) is 4.74 Å². The molecule has 0 spiro atoms. The van der Waals surface area contributed by atoms with Crippen LogP contribution in [0, 0.1) is 0 Å². The molecule has 3 rings (SSSR count). The lowest BCUT2D eigenvalue weighted by Gasteiger charge is -2.17. The molecule has 0 aliphatic carbocycles. The van der Waals surface area contributed by atoms with E-state index in [9.17, 15) is 14.7 Å². The van der Waals surface area contributed by atoms with Gasteiger partial charge in [-0.15, -0.1) is 0 Å². The number of carboxylic acid groups (broad SMARTS) is 1. The number of ether oxygens (including phenoxy) is 1. The molecule has 1 aromatic heterocycles. The lowest BCUT2D eigenvalue weighted by molar-refractivity contribution is 0.0684. The van der Waals surface area contributed by atoms with Gasteiger partial charge >= 0.3 is 5.97 Å². The SMILES string of the molecule is CCCCOc1c(C(=O)O)nc(C(C)c2ccccc2-c2ccccc2)[nH]c1=O. The van der Waals surface area contributed by atoms with E-state index in [0.717, 1.165) is 29.5 Å². The van der Waals surface area contributed by atoms with E-state index in [1.54, 1.807) is 0 Å². The molecule has 29 heavy (non-hydrogen) atoms. The van der Waals surface area contributed by atoms with Crippen LogP contribution in [-0.4, -0.2) is 27.7 Å². The van der Waals surface area contributed by atoms with Crippen LogP contribution in [-0.2, 0) is 0 Å². The van der Waals surface area contributed by atoms with Gasteiger partial charge in [0.25, 0.3) is 5.56 Å². The second kappa shape index (κ2) is 9.19. The summed E-state index contributed by atoms with van der Waals surface area (Å²) < 4.78 is 5.42. The van der Waals surface area contributed by atoms with Gasteiger partial charge in [0.15, 0.2) is 5.69 Å². The zero-order valence-electron chi connectivity index (χ0n) is 16.5. The number of aromatic nitrogens is 2. The first-order valence-electron chi connectivity index (χ1n) is 9.67. The van der Waals surface area contributed by atoms with Gasteiger partial charge in [-0.3, -0.25) is 4.79 Å². The summed E-state index contributed by atoms with van der Waals surface area (Å²) in [7, 11) is 0. The third-order valence-electron chi connectivity index (χ3n) is 4.76. The van der Waals surface area contributed by atoms with Gasteiger partial charge in [-0.05, 0) is 23.1 Å². The highest BCUT2D eigenvalue weighted by Gasteiger charge is 2.23. The molecule has 1 atom stereocenters. The number of aromatic amines is 1. The largest absolute Gasteiger partial charge is 0.486 e. The zero-order chi connectivity index (χ0) is 20.8. The highest BCUT2D eigenvalue weighted by atomic mass is 16.5. The monoisotopic (exact) mass is 392 g/mol. The van der Waals surface area contributed by atoms with Crippen LogP contribution in [0.1, 0.15) is 54.5 Å². The van der Waals surface area contributed by atoms with Gasteiger partial charge < -0.3 is 14.8 Å². The maximum Gasteiger partial charge on any atom is 0.358 e. The van der Waals surface area contributed by atoms with Gasteiger partial charge in [-0.1, -0.05) is 74.9 Å². The number of benzene rings is 2. The van der Waals surface area contributed by atoms with Gasteiger partial charge in [0, 0.05) is 5.92 Å². The Hall–Kier alpha value is -3.41. The fourth-order valence-corrected chi connectivity index (χ4v) is 3.18. The van der Waals surface area contributed by atoms with Crippen LogP contribution in [0.25, 0.3) is 11.1 Å². The predicted molar refractivity (Wildman–Crippen MR) is 112 cm³/mol. The molecule has 1 heterocycles. The smallest absolute Gasteiger partial charge is 0.358 e. The van der Waals surface area contributed by atoms with Gasteiger partial charge in [0.05, 0.1) is 6.61 Å². The van der Waals surface area contributed by atoms with Crippen LogP contribution in [0.3, 0.4) is 0 Å². The average molecular weight is 392 g/mol. The molecule has 6 nitrogen and oxygen atoms in total. The second-order valence-electron chi connectivity index (χ2n) is 6.81. The minimum absolute atomic E-state index is 0.238. The van der Waals surface area contributed by atoms with Crippen molar-refractivity contribution in [3.05, 3.63) is 82.0 Å². The Balaban J connectivity index is 2.04. The van der Waals surface area contributed by atoms with Crippen molar-refractivity contribution in [2.24, 2.45) is 0 Å². The normalized spacial score (nSPS) is 11.8. The molecule has 0 saturated carbocycles. The molecule has 150 valence electrons. The molecule has 2 aromatic carbocycles. The van der Waals surface area contributed by atoms with Gasteiger partial charge in [-0.2, -0.15) is 0 Å². The van der Waals surface area contributed by atoms with Crippen molar-refractivity contribution in [3.63, 3.8) is 0 Å². The molecular formula is C23H24N2O4.